The topological polar surface area (TPSA) is 84.2 Å². The second kappa shape index (κ2) is 7.27. The molecule has 2 atom stereocenters. The lowest BCUT2D eigenvalue weighted by Crippen LogP contribution is -2.43. The van der Waals surface area contributed by atoms with Gasteiger partial charge in [0.2, 0.25) is 11.8 Å². The Hall–Kier alpha value is -1.10. The molecule has 98 valence electrons. The normalized spacial score (nSPS) is 24.8. The lowest BCUT2D eigenvalue weighted by molar-refractivity contribution is -0.125. The Balaban J connectivity index is 2.23. The minimum absolute atomic E-state index is 0.0298. The predicted octanol–water partition coefficient (Wildman–Crippen LogP) is 0.146. The number of carbonyl (C=O) groups excluding carboxylic acids is 2. The van der Waals surface area contributed by atoms with Crippen LogP contribution in [-0.4, -0.2) is 30.9 Å². The number of carbonyl (C=O) groups is 2. The van der Waals surface area contributed by atoms with Crippen LogP contribution in [0.5, 0.6) is 0 Å². The van der Waals surface area contributed by atoms with Crippen molar-refractivity contribution in [3.8, 4) is 0 Å². The minimum atomic E-state index is -0.297. The molecule has 1 fully saturated rings. The van der Waals surface area contributed by atoms with Crippen LogP contribution < -0.4 is 16.4 Å². The average molecular weight is 241 g/mol. The van der Waals surface area contributed by atoms with Gasteiger partial charge in [-0.2, -0.15) is 0 Å². The first-order valence-electron chi connectivity index (χ1n) is 6.38. The molecule has 5 heteroatoms. The third-order valence-corrected chi connectivity index (χ3v) is 3.25. The highest BCUT2D eigenvalue weighted by Gasteiger charge is 2.17. The first-order valence-corrected chi connectivity index (χ1v) is 6.38. The van der Waals surface area contributed by atoms with Gasteiger partial charge in [0.15, 0.2) is 0 Å². The molecule has 0 spiro atoms. The molecule has 17 heavy (non-hydrogen) atoms. The molecule has 2 unspecified atom stereocenters. The summed E-state index contributed by atoms with van der Waals surface area (Å²) in [4.78, 5) is 22.4. The van der Waals surface area contributed by atoms with E-state index in [4.69, 9.17) is 5.73 Å². The molecule has 1 rings (SSSR count). The molecule has 1 saturated carbocycles. The van der Waals surface area contributed by atoms with E-state index in [1.54, 1.807) is 0 Å². The first-order chi connectivity index (χ1) is 8.11. The minimum Gasteiger partial charge on any atom is -0.352 e. The van der Waals surface area contributed by atoms with Crippen LogP contribution in [0.4, 0.5) is 0 Å². The van der Waals surface area contributed by atoms with Crippen molar-refractivity contribution in [3.05, 3.63) is 0 Å². The maximum absolute atomic E-state index is 11.6. The second-order valence-corrected chi connectivity index (χ2v) is 4.86. The highest BCUT2D eigenvalue weighted by Crippen LogP contribution is 2.22. The van der Waals surface area contributed by atoms with Crippen LogP contribution in [0.15, 0.2) is 0 Å². The predicted molar refractivity (Wildman–Crippen MR) is 66.2 cm³/mol. The monoisotopic (exact) mass is 241 g/mol. The SMILES string of the molecule is CC1CCCC(NC(=O)CNC(=O)CN)CC1. The van der Waals surface area contributed by atoms with E-state index in [9.17, 15) is 9.59 Å². The highest BCUT2D eigenvalue weighted by molar-refractivity contribution is 5.85. The standard InChI is InChI=1S/C12H23N3O2/c1-9-3-2-4-10(6-5-9)15-12(17)8-14-11(16)7-13/h9-10H,2-8,13H2,1H3,(H,14,16)(H,15,17). The van der Waals surface area contributed by atoms with Crippen LogP contribution in [-0.2, 0) is 9.59 Å². The van der Waals surface area contributed by atoms with Crippen LogP contribution in [0, 0.1) is 5.92 Å². The van der Waals surface area contributed by atoms with Gasteiger partial charge in [0.1, 0.15) is 0 Å². The van der Waals surface area contributed by atoms with Crippen LogP contribution in [0.2, 0.25) is 0 Å². The summed E-state index contributed by atoms with van der Waals surface area (Å²) in [6, 6.07) is 0.266. The molecule has 0 saturated heterocycles. The van der Waals surface area contributed by atoms with Crippen LogP contribution >= 0.6 is 0 Å². The third kappa shape index (κ3) is 5.68. The molecule has 2 amide bonds. The van der Waals surface area contributed by atoms with E-state index in [-0.39, 0.29) is 30.9 Å². The van der Waals surface area contributed by atoms with E-state index >= 15 is 0 Å². The highest BCUT2D eigenvalue weighted by atomic mass is 16.2. The molecule has 5 nitrogen and oxygen atoms in total. The van der Waals surface area contributed by atoms with E-state index in [0.29, 0.717) is 0 Å². The molecule has 0 aromatic heterocycles. The summed E-state index contributed by atoms with van der Waals surface area (Å²) in [7, 11) is 0. The zero-order valence-corrected chi connectivity index (χ0v) is 10.5. The van der Waals surface area contributed by atoms with Crippen molar-refractivity contribution >= 4 is 11.8 Å². The zero-order valence-electron chi connectivity index (χ0n) is 10.5. The molecule has 4 N–H and O–H groups in total. The first kappa shape index (κ1) is 14.0. The Bertz CT molecular complexity index is 268. The number of hydrogen-bond donors (Lipinski definition) is 3. The summed E-state index contributed by atoms with van der Waals surface area (Å²) in [5.74, 6) is 0.342. The molecule has 0 aliphatic heterocycles. The summed E-state index contributed by atoms with van der Waals surface area (Å²) in [6.45, 7) is 2.21. The number of hydrogen-bond acceptors (Lipinski definition) is 3. The third-order valence-electron chi connectivity index (χ3n) is 3.25. The van der Waals surface area contributed by atoms with Crippen molar-refractivity contribution < 1.29 is 9.59 Å². The maximum Gasteiger partial charge on any atom is 0.239 e. The van der Waals surface area contributed by atoms with Gasteiger partial charge in [0.25, 0.3) is 0 Å². The van der Waals surface area contributed by atoms with Crippen LogP contribution in [0.3, 0.4) is 0 Å². The molecule has 1 aliphatic rings. The number of rotatable bonds is 4. The molecule has 1 aliphatic carbocycles. The number of nitrogens with one attached hydrogen (secondary N) is 2. The molecule has 0 aromatic carbocycles. The average Bonchev–Trinajstić information content (AvgIpc) is 2.51. The van der Waals surface area contributed by atoms with Crippen molar-refractivity contribution in [1.29, 1.82) is 0 Å². The Labute approximate surface area is 103 Å². The van der Waals surface area contributed by atoms with E-state index in [2.05, 4.69) is 17.6 Å². The summed E-state index contributed by atoms with van der Waals surface area (Å²) < 4.78 is 0. The Kier molecular flexibility index (Phi) is 5.97. The molecule has 0 radical (unpaired) electrons. The van der Waals surface area contributed by atoms with Gasteiger partial charge in [-0.25, -0.2) is 0 Å². The number of amides is 2. The van der Waals surface area contributed by atoms with Crippen molar-refractivity contribution in [2.24, 2.45) is 11.7 Å². The summed E-state index contributed by atoms with van der Waals surface area (Å²) in [5.41, 5.74) is 5.13. The van der Waals surface area contributed by atoms with Crippen molar-refractivity contribution in [3.63, 3.8) is 0 Å². The fraction of sp³-hybridized carbons (Fsp3) is 0.833. The Morgan fingerprint density at radius 1 is 1.18 bits per heavy atom. The Morgan fingerprint density at radius 2 is 1.94 bits per heavy atom. The molecular weight excluding hydrogens is 218 g/mol. The van der Waals surface area contributed by atoms with E-state index < -0.39 is 0 Å². The summed E-state index contributed by atoms with van der Waals surface area (Å²) >= 11 is 0. The van der Waals surface area contributed by atoms with Crippen molar-refractivity contribution in [1.82, 2.24) is 10.6 Å². The largest absolute Gasteiger partial charge is 0.352 e. The van der Waals surface area contributed by atoms with Crippen LogP contribution in [0.25, 0.3) is 0 Å². The zero-order chi connectivity index (χ0) is 12.7. The van der Waals surface area contributed by atoms with Crippen LogP contribution in [0.1, 0.15) is 39.0 Å². The lowest BCUT2D eigenvalue weighted by Gasteiger charge is -2.16. The Morgan fingerprint density at radius 3 is 2.65 bits per heavy atom. The molecule has 0 aromatic rings. The van der Waals surface area contributed by atoms with Gasteiger partial charge in [-0.15, -0.1) is 0 Å². The van der Waals surface area contributed by atoms with E-state index in [0.717, 1.165) is 18.8 Å². The molecule has 0 bridgehead atoms. The quantitative estimate of drug-likeness (QED) is 0.612. The summed E-state index contributed by atoms with van der Waals surface area (Å²) in [6.07, 6.45) is 5.66. The van der Waals surface area contributed by atoms with Gasteiger partial charge < -0.3 is 16.4 Å². The molecular formula is C12H23N3O2. The molecule has 0 heterocycles. The van der Waals surface area contributed by atoms with Crippen molar-refractivity contribution in [2.45, 2.75) is 45.1 Å². The maximum atomic E-state index is 11.6. The van der Waals surface area contributed by atoms with Crippen molar-refractivity contribution in [2.75, 3.05) is 13.1 Å². The smallest absolute Gasteiger partial charge is 0.239 e. The second-order valence-electron chi connectivity index (χ2n) is 4.86. The van der Waals surface area contributed by atoms with Gasteiger partial charge in [-0.05, 0) is 25.2 Å². The van der Waals surface area contributed by atoms with E-state index in [1.165, 1.54) is 19.3 Å². The van der Waals surface area contributed by atoms with Gasteiger partial charge >= 0.3 is 0 Å². The summed E-state index contributed by atoms with van der Waals surface area (Å²) in [5, 5.41) is 5.43. The van der Waals surface area contributed by atoms with Gasteiger partial charge in [0, 0.05) is 6.04 Å². The van der Waals surface area contributed by atoms with Gasteiger partial charge in [-0.3, -0.25) is 9.59 Å². The van der Waals surface area contributed by atoms with Gasteiger partial charge in [0.05, 0.1) is 13.1 Å². The number of nitrogens with two attached hydrogens (primary N) is 1. The fourth-order valence-electron chi connectivity index (χ4n) is 2.16. The lowest BCUT2D eigenvalue weighted by atomic mass is 10.0. The van der Waals surface area contributed by atoms with Gasteiger partial charge in [-0.1, -0.05) is 19.8 Å². The van der Waals surface area contributed by atoms with E-state index in [1.807, 2.05) is 0 Å². The fourth-order valence-corrected chi connectivity index (χ4v) is 2.16.